The van der Waals surface area contributed by atoms with Crippen LogP contribution in [0.5, 0.6) is 0 Å². The molecule has 2 fully saturated rings. The van der Waals surface area contributed by atoms with Gasteiger partial charge in [-0.05, 0) is 37.9 Å². The van der Waals surface area contributed by atoms with Crippen molar-refractivity contribution in [2.75, 3.05) is 32.8 Å². The van der Waals surface area contributed by atoms with E-state index in [2.05, 4.69) is 45.2 Å². The summed E-state index contributed by atoms with van der Waals surface area (Å²) in [4.78, 5) is 16.9. The number of hydrogen-bond acceptors (Lipinski definition) is 5. The van der Waals surface area contributed by atoms with E-state index >= 15 is 0 Å². The van der Waals surface area contributed by atoms with Gasteiger partial charge in [0.15, 0.2) is 5.69 Å². The van der Waals surface area contributed by atoms with Crippen LogP contribution in [0.3, 0.4) is 0 Å². The Hall–Kier alpha value is -2.19. The summed E-state index contributed by atoms with van der Waals surface area (Å²) in [6, 6.07) is 4.86. The fourth-order valence-corrected chi connectivity index (χ4v) is 4.18. The SMILES string of the molecule is Cn1cccc1CN1CCCCC1CCn1cc(C(=O)N2CCOCC2)nn1. The molecule has 1 unspecified atom stereocenters. The molecule has 28 heavy (non-hydrogen) atoms. The van der Waals surface area contributed by atoms with Crippen molar-refractivity contribution in [3.05, 3.63) is 35.9 Å². The van der Waals surface area contributed by atoms with Gasteiger partial charge < -0.3 is 14.2 Å². The number of piperidine rings is 1. The maximum absolute atomic E-state index is 12.5. The minimum atomic E-state index is -0.0439. The van der Waals surface area contributed by atoms with Gasteiger partial charge in [-0.2, -0.15) is 0 Å². The summed E-state index contributed by atoms with van der Waals surface area (Å²) in [5.74, 6) is -0.0439. The number of aromatic nitrogens is 4. The number of carbonyl (C=O) groups is 1. The fraction of sp³-hybridized carbons (Fsp3) is 0.650. The summed E-state index contributed by atoms with van der Waals surface area (Å²) in [6.45, 7) is 5.37. The second-order valence-electron chi connectivity index (χ2n) is 7.79. The van der Waals surface area contributed by atoms with Crippen LogP contribution in [0.15, 0.2) is 24.5 Å². The lowest BCUT2D eigenvalue weighted by Crippen LogP contribution is -2.40. The molecule has 8 heteroatoms. The summed E-state index contributed by atoms with van der Waals surface area (Å²) in [6.07, 6.45) is 8.70. The molecule has 2 aliphatic rings. The lowest BCUT2D eigenvalue weighted by molar-refractivity contribution is 0.0299. The molecule has 0 saturated carbocycles. The first-order valence-corrected chi connectivity index (χ1v) is 10.3. The smallest absolute Gasteiger partial charge is 0.276 e. The molecule has 1 atom stereocenters. The van der Waals surface area contributed by atoms with Crippen molar-refractivity contribution in [1.82, 2.24) is 29.4 Å². The zero-order valence-electron chi connectivity index (χ0n) is 16.7. The van der Waals surface area contributed by atoms with Crippen LogP contribution in [0.2, 0.25) is 0 Å². The number of nitrogens with zero attached hydrogens (tertiary/aromatic N) is 6. The number of morpholine rings is 1. The van der Waals surface area contributed by atoms with E-state index in [-0.39, 0.29) is 5.91 Å². The molecule has 0 N–H and O–H groups in total. The van der Waals surface area contributed by atoms with E-state index < -0.39 is 0 Å². The van der Waals surface area contributed by atoms with Crippen LogP contribution < -0.4 is 0 Å². The third-order valence-corrected chi connectivity index (χ3v) is 5.91. The highest BCUT2D eigenvalue weighted by atomic mass is 16.5. The van der Waals surface area contributed by atoms with Gasteiger partial charge in [0.2, 0.25) is 0 Å². The fourth-order valence-electron chi connectivity index (χ4n) is 4.18. The molecule has 2 aromatic heterocycles. The average molecular weight is 387 g/mol. The minimum absolute atomic E-state index is 0.0439. The normalized spacial score (nSPS) is 21.2. The monoisotopic (exact) mass is 386 g/mol. The summed E-state index contributed by atoms with van der Waals surface area (Å²) in [5, 5.41) is 8.31. The third-order valence-electron chi connectivity index (χ3n) is 5.91. The van der Waals surface area contributed by atoms with E-state index in [0.29, 0.717) is 38.0 Å². The number of hydrogen-bond donors (Lipinski definition) is 0. The number of ether oxygens (including phenoxy) is 1. The van der Waals surface area contributed by atoms with Crippen molar-refractivity contribution >= 4 is 5.91 Å². The molecule has 0 spiro atoms. The van der Waals surface area contributed by atoms with Gasteiger partial charge >= 0.3 is 0 Å². The van der Waals surface area contributed by atoms with E-state index in [1.807, 2.05) is 4.68 Å². The molecule has 0 aliphatic carbocycles. The second kappa shape index (κ2) is 8.87. The van der Waals surface area contributed by atoms with Gasteiger partial charge in [-0.3, -0.25) is 14.4 Å². The zero-order valence-corrected chi connectivity index (χ0v) is 16.7. The Balaban J connectivity index is 1.33. The van der Waals surface area contributed by atoms with Crippen LogP contribution in [0.1, 0.15) is 41.9 Å². The lowest BCUT2D eigenvalue weighted by Gasteiger charge is -2.35. The van der Waals surface area contributed by atoms with Crippen LogP contribution in [0.25, 0.3) is 0 Å². The number of carbonyl (C=O) groups excluding carboxylic acids is 1. The van der Waals surface area contributed by atoms with E-state index in [4.69, 9.17) is 4.74 Å². The predicted octanol–water partition coefficient (Wildman–Crippen LogP) is 1.53. The van der Waals surface area contributed by atoms with E-state index in [9.17, 15) is 4.79 Å². The number of amides is 1. The van der Waals surface area contributed by atoms with Gasteiger partial charge in [-0.1, -0.05) is 11.6 Å². The predicted molar refractivity (Wildman–Crippen MR) is 105 cm³/mol. The van der Waals surface area contributed by atoms with E-state index in [1.165, 1.54) is 25.0 Å². The Morgan fingerprint density at radius 1 is 1.25 bits per heavy atom. The van der Waals surface area contributed by atoms with Gasteiger partial charge in [0.05, 0.1) is 19.4 Å². The molecule has 8 nitrogen and oxygen atoms in total. The summed E-state index contributed by atoms with van der Waals surface area (Å²) in [5.41, 5.74) is 1.79. The Kier molecular flexibility index (Phi) is 6.07. The van der Waals surface area contributed by atoms with Crippen molar-refractivity contribution in [2.45, 2.75) is 44.8 Å². The van der Waals surface area contributed by atoms with E-state index in [1.54, 1.807) is 11.1 Å². The van der Waals surface area contributed by atoms with Gasteiger partial charge in [-0.15, -0.1) is 5.10 Å². The quantitative estimate of drug-likeness (QED) is 0.753. The summed E-state index contributed by atoms with van der Waals surface area (Å²) >= 11 is 0. The number of aryl methyl sites for hydroxylation is 2. The Morgan fingerprint density at radius 3 is 2.89 bits per heavy atom. The van der Waals surface area contributed by atoms with Gasteiger partial charge in [-0.25, -0.2) is 0 Å². The standard InChI is InChI=1S/C20H30N6O2/c1-23-8-4-6-18(23)15-25-9-3-2-5-17(25)7-10-26-16-19(21-22-26)20(27)24-11-13-28-14-12-24/h4,6,8,16-17H,2-3,5,7,9-15H2,1H3. The van der Waals surface area contributed by atoms with Crippen LogP contribution >= 0.6 is 0 Å². The van der Waals surface area contributed by atoms with Crippen molar-refractivity contribution in [3.8, 4) is 0 Å². The number of rotatable bonds is 6. The van der Waals surface area contributed by atoms with Crippen LogP contribution in [-0.2, 0) is 24.9 Å². The summed E-state index contributed by atoms with van der Waals surface area (Å²) < 4.78 is 9.33. The topological polar surface area (TPSA) is 68.4 Å². The van der Waals surface area contributed by atoms with Crippen molar-refractivity contribution < 1.29 is 9.53 Å². The molecule has 4 rings (SSSR count). The molecule has 2 aromatic rings. The lowest BCUT2D eigenvalue weighted by atomic mass is 9.99. The molecule has 2 aliphatic heterocycles. The maximum Gasteiger partial charge on any atom is 0.276 e. The third kappa shape index (κ3) is 4.44. The molecule has 152 valence electrons. The van der Waals surface area contributed by atoms with Crippen molar-refractivity contribution in [3.63, 3.8) is 0 Å². The van der Waals surface area contributed by atoms with Gasteiger partial charge in [0.1, 0.15) is 0 Å². The Bertz CT molecular complexity index is 779. The van der Waals surface area contributed by atoms with Crippen LogP contribution in [0.4, 0.5) is 0 Å². The first kappa shape index (κ1) is 19.1. The first-order chi connectivity index (χ1) is 13.7. The van der Waals surface area contributed by atoms with Crippen LogP contribution in [0, 0.1) is 0 Å². The molecule has 0 aromatic carbocycles. The van der Waals surface area contributed by atoms with Crippen molar-refractivity contribution in [1.29, 1.82) is 0 Å². The van der Waals surface area contributed by atoms with Gasteiger partial charge in [0.25, 0.3) is 5.91 Å². The summed E-state index contributed by atoms with van der Waals surface area (Å²) in [7, 11) is 2.11. The number of likely N-dealkylation sites (tertiary alicyclic amines) is 1. The molecule has 0 radical (unpaired) electrons. The molecular formula is C20H30N6O2. The van der Waals surface area contributed by atoms with Crippen molar-refractivity contribution in [2.24, 2.45) is 7.05 Å². The molecule has 0 bridgehead atoms. The highest BCUT2D eigenvalue weighted by Crippen LogP contribution is 2.22. The highest BCUT2D eigenvalue weighted by Gasteiger charge is 2.24. The van der Waals surface area contributed by atoms with Gasteiger partial charge in [0, 0.05) is 51.2 Å². The molecule has 1 amide bonds. The largest absolute Gasteiger partial charge is 0.378 e. The second-order valence-corrected chi connectivity index (χ2v) is 7.79. The highest BCUT2D eigenvalue weighted by molar-refractivity contribution is 5.91. The first-order valence-electron chi connectivity index (χ1n) is 10.3. The molecule has 2 saturated heterocycles. The van der Waals surface area contributed by atoms with E-state index in [0.717, 1.165) is 26.1 Å². The van der Waals surface area contributed by atoms with Crippen LogP contribution in [-0.4, -0.2) is 74.2 Å². The maximum atomic E-state index is 12.5. The zero-order chi connectivity index (χ0) is 19.3. The average Bonchev–Trinajstić information content (AvgIpc) is 3.37. The minimum Gasteiger partial charge on any atom is -0.378 e. The molecule has 4 heterocycles. The molecular weight excluding hydrogens is 356 g/mol. The Morgan fingerprint density at radius 2 is 2.11 bits per heavy atom. The Labute approximate surface area is 166 Å².